The van der Waals surface area contributed by atoms with E-state index in [4.69, 9.17) is 10.5 Å². The third-order valence-electron chi connectivity index (χ3n) is 5.55. The van der Waals surface area contributed by atoms with Gasteiger partial charge >= 0.3 is 0 Å². The number of nitrogens with two attached hydrogens (primary N) is 1. The van der Waals surface area contributed by atoms with Gasteiger partial charge in [0.25, 0.3) is 0 Å². The normalized spacial score (nSPS) is 31.2. The third kappa shape index (κ3) is 1.63. The molecule has 1 aromatic carbocycles. The van der Waals surface area contributed by atoms with Crippen molar-refractivity contribution in [3.8, 4) is 0 Å². The molecule has 0 unspecified atom stereocenters. The fourth-order valence-corrected chi connectivity index (χ4v) is 4.51. The van der Waals surface area contributed by atoms with Crippen molar-refractivity contribution >= 4 is 16.8 Å². The summed E-state index contributed by atoms with van der Waals surface area (Å²) in [5.74, 6) is -0.425. The van der Waals surface area contributed by atoms with Gasteiger partial charge in [0.2, 0.25) is 5.91 Å². The Labute approximate surface area is 129 Å². The molecule has 1 fully saturated rings. The lowest BCUT2D eigenvalue weighted by atomic mass is 9.68. The second-order valence-corrected chi connectivity index (χ2v) is 6.60. The largest absolute Gasteiger partial charge is 0.372 e. The standard InChI is InChI=1S/C17H21N3O2/c1-20-9-11(16(18)21)7-17(22-2)12-4-3-5-13-15(12)10(8-19-13)6-14(17)20/h3-5,8,11,14,19H,6-7,9H2,1-2H3,(H2,18,21)/t11-,14-,17-/m1/s1. The van der Waals surface area contributed by atoms with E-state index in [1.54, 1.807) is 7.11 Å². The van der Waals surface area contributed by atoms with Gasteiger partial charge in [-0.2, -0.15) is 0 Å². The molecule has 0 bridgehead atoms. The third-order valence-corrected chi connectivity index (χ3v) is 5.55. The van der Waals surface area contributed by atoms with E-state index in [-0.39, 0.29) is 17.9 Å². The SMILES string of the molecule is CO[C@@]12C[C@@H](C(N)=O)CN(C)[C@@H]1Cc1c[nH]c3cccc2c13. The molecular weight excluding hydrogens is 278 g/mol. The van der Waals surface area contributed by atoms with Gasteiger partial charge in [-0.1, -0.05) is 12.1 Å². The minimum absolute atomic E-state index is 0.183. The average molecular weight is 299 g/mol. The summed E-state index contributed by atoms with van der Waals surface area (Å²) in [7, 11) is 3.81. The highest BCUT2D eigenvalue weighted by molar-refractivity contribution is 5.89. The van der Waals surface area contributed by atoms with Crippen molar-refractivity contribution < 1.29 is 9.53 Å². The fourth-order valence-electron chi connectivity index (χ4n) is 4.51. The van der Waals surface area contributed by atoms with E-state index in [1.807, 2.05) is 0 Å². The number of H-pyrrole nitrogens is 1. The Hall–Kier alpha value is -1.85. The number of carbonyl (C=O) groups excluding carboxylic acids is 1. The molecule has 3 N–H and O–H groups in total. The zero-order valence-corrected chi connectivity index (χ0v) is 12.9. The first-order valence-corrected chi connectivity index (χ1v) is 7.71. The van der Waals surface area contributed by atoms with Crippen LogP contribution in [0.25, 0.3) is 10.9 Å². The van der Waals surface area contributed by atoms with Gasteiger partial charge in [0.15, 0.2) is 0 Å². The molecule has 3 atom stereocenters. The summed E-state index contributed by atoms with van der Waals surface area (Å²) in [5, 5.41) is 1.25. The summed E-state index contributed by atoms with van der Waals surface area (Å²) >= 11 is 0. The number of methoxy groups -OCH3 is 1. The monoisotopic (exact) mass is 299 g/mol. The van der Waals surface area contributed by atoms with Crippen LogP contribution >= 0.6 is 0 Å². The van der Waals surface area contributed by atoms with Gasteiger partial charge in [-0.3, -0.25) is 9.69 Å². The number of piperidine rings is 1. The van der Waals surface area contributed by atoms with Gasteiger partial charge in [0.1, 0.15) is 5.60 Å². The molecule has 1 saturated heterocycles. The number of amides is 1. The summed E-state index contributed by atoms with van der Waals surface area (Å²) in [4.78, 5) is 17.4. The van der Waals surface area contributed by atoms with Crippen molar-refractivity contribution in [1.29, 1.82) is 0 Å². The minimum Gasteiger partial charge on any atom is -0.372 e. The van der Waals surface area contributed by atoms with Crippen molar-refractivity contribution in [2.24, 2.45) is 11.7 Å². The van der Waals surface area contributed by atoms with E-state index in [0.29, 0.717) is 13.0 Å². The molecule has 1 aromatic heterocycles. The number of fused-ring (bicyclic) bond motifs is 2. The number of aromatic nitrogens is 1. The van der Waals surface area contributed by atoms with Crippen molar-refractivity contribution in [2.45, 2.75) is 24.5 Å². The predicted octanol–water partition coefficient (Wildman–Crippen LogP) is 1.37. The number of nitrogens with one attached hydrogen (secondary N) is 1. The Morgan fingerprint density at radius 1 is 1.50 bits per heavy atom. The fraction of sp³-hybridized carbons (Fsp3) is 0.471. The number of rotatable bonds is 2. The number of ether oxygens (including phenoxy) is 1. The Balaban J connectivity index is 1.95. The van der Waals surface area contributed by atoms with Gasteiger partial charge in [-0.25, -0.2) is 0 Å². The number of primary amides is 1. The van der Waals surface area contributed by atoms with Crippen LogP contribution in [0.5, 0.6) is 0 Å². The summed E-state index contributed by atoms with van der Waals surface area (Å²) < 4.78 is 6.09. The molecular formula is C17H21N3O2. The van der Waals surface area contributed by atoms with Crippen LogP contribution in [0.2, 0.25) is 0 Å². The van der Waals surface area contributed by atoms with Crippen LogP contribution in [0.3, 0.4) is 0 Å². The molecule has 2 aliphatic rings. The molecule has 1 amide bonds. The van der Waals surface area contributed by atoms with Gasteiger partial charge in [-0.15, -0.1) is 0 Å². The Kier molecular flexibility index (Phi) is 2.86. The Morgan fingerprint density at radius 3 is 3.05 bits per heavy atom. The highest BCUT2D eigenvalue weighted by Gasteiger charge is 2.52. The van der Waals surface area contributed by atoms with Crippen LogP contribution < -0.4 is 5.73 Å². The second kappa shape index (κ2) is 4.57. The summed E-state index contributed by atoms with van der Waals surface area (Å²) in [5.41, 5.74) is 8.77. The summed E-state index contributed by atoms with van der Waals surface area (Å²) in [6, 6.07) is 6.49. The Bertz CT molecular complexity index is 753. The molecule has 1 aliphatic carbocycles. The number of likely N-dealkylation sites (tertiary alicyclic amines) is 1. The first kappa shape index (κ1) is 13.8. The number of benzene rings is 1. The van der Waals surface area contributed by atoms with Gasteiger partial charge in [0, 0.05) is 36.8 Å². The molecule has 5 nitrogen and oxygen atoms in total. The van der Waals surface area contributed by atoms with E-state index in [0.717, 1.165) is 11.9 Å². The molecule has 0 spiro atoms. The van der Waals surface area contributed by atoms with Crippen molar-refractivity contribution in [3.05, 3.63) is 35.5 Å². The van der Waals surface area contributed by atoms with Gasteiger partial charge in [0.05, 0.1) is 5.92 Å². The maximum absolute atomic E-state index is 11.8. The molecule has 2 heterocycles. The molecule has 2 aromatic rings. The number of hydrogen-bond donors (Lipinski definition) is 2. The van der Waals surface area contributed by atoms with E-state index in [2.05, 4.69) is 41.3 Å². The predicted molar refractivity (Wildman–Crippen MR) is 84.4 cm³/mol. The van der Waals surface area contributed by atoms with Crippen molar-refractivity contribution in [3.63, 3.8) is 0 Å². The Morgan fingerprint density at radius 2 is 2.32 bits per heavy atom. The maximum atomic E-state index is 11.8. The van der Waals surface area contributed by atoms with Crippen molar-refractivity contribution in [1.82, 2.24) is 9.88 Å². The molecule has 5 heteroatoms. The van der Waals surface area contributed by atoms with E-state index < -0.39 is 5.60 Å². The van der Waals surface area contributed by atoms with Crippen molar-refractivity contribution in [2.75, 3.05) is 20.7 Å². The zero-order valence-electron chi connectivity index (χ0n) is 12.9. The number of hydrogen-bond acceptors (Lipinski definition) is 3. The maximum Gasteiger partial charge on any atom is 0.221 e. The molecule has 4 rings (SSSR count). The summed E-state index contributed by atoms with van der Waals surface area (Å²) in [6.07, 6.45) is 3.67. The zero-order chi connectivity index (χ0) is 15.5. The van der Waals surface area contributed by atoms with Crippen LogP contribution in [-0.2, 0) is 21.6 Å². The second-order valence-electron chi connectivity index (χ2n) is 6.60. The molecule has 116 valence electrons. The smallest absolute Gasteiger partial charge is 0.221 e. The van der Waals surface area contributed by atoms with Crippen LogP contribution in [0.4, 0.5) is 0 Å². The minimum atomic E-state index is -0.471. The average Bonchev–Trinajstić information content (AvgIpc) is 2.93. The number of aromatic amines is 1. The summed E-state index contributed by atoms with van der Waals surface area (Å²) in [6.45, 7) is 0.695. The van der Waals surface area contributed by atoms with Crippen LogP contribution in [0.1, 0.15) is 17.5 Å². The molecule has 0 saturated carbocycles. The van der Waals surface area contributed by atoms with Crippen LogP contribution in [0, 0.1) is 5.92 Å². The molecule has 1 aliphatic heterocycles. The lowest BCUT2D eigenvalue weighted by molar-refractivity contribution is -0.145. The number of carbonyl (C=O) groups is 1. The van der Waals surface area contributed by atoms with E-state index in [9.17, 15) is 4.79 Å². The van der Waals surface area contributed by atoms with E-state index >= 15 is 0 Å². The van der Waals surface area contributed by atoms with E-state index in [1.165, 1.54) is 16.5 Å². The first-order chi connectivity index (χ1) is 10.6. The lowest BCUT2D eigenvalue weighted by Crippen LogP contribution is -2.60. The quantitative estimate of drug-likeness (QED) is 0.880. The van der Waals surface area contributed by atoms with Crippen LogP contribution in [0.15, 0.2) is 24.4 Å². The van der Waals surface area contributed by atoms with Crippen LogP contribution in [-0.4, -0.2) is 42.5 Å². The number of likely N-dealkylation sites (N-methyl/N-ethyl adjacent to an activating group) is 1. The molecule has 22 heavy (non-hydrogen) atoms. The first-order valence-electron chi connectivity index (χ1n) is 7.71. The van der Waals surface area contributed by atoms with Gasteiger partial charge in [-0.05, 0) is 37.1 Å². The lowest BCUT2D eigenvalue weighted by Gasteiger charge is -2.52. The molecule has 0 radical (unpaired) electrons. The number of nitrogens with zero attached hydrogens (tertiary/aromatic N) is 1. The highest BCUT2D eigenvalue weighted by atomic mass is 16.5. The topological polar surface area (TPSA) is 71.3 Å². The highest BCUT2D eigenvalue weighted by Crippen LogP contribution is 2.49. The van der Waals surface area contributed by atoms with Gasteiger partial charge < -0.3 is 15.5 Å².